The molecule has 0 spiro atoms. The van der Waals surface area contributed by atoms with E-state index in [1.54, 1.807) is 4.90 Å². The summed E-state index contributed by atoms with van der Waals surface area (Å²) in [4.78, 5) is 14.3. The first-order valence-electron chi connectivity index (χ1n) is 6.79. The molecule has 20 heavy (non-hydrogen) atoms. The van der Waals surface area contributed by atoms with Crippen molar-refractivity contribution in [2.75, 3.05) is 25.0 Å². The van der Waals surface area contributed by atoms with E-state index in [1.165, 1.54) is 11.3 Å². The molecule has 1 amide bonds. The van der Waals surface area contributed by atoms with Crippen LogP contribution in [0, 0.1) is 0 Å². The normalized spacial score (nSPS) is 20.8. The van der Waals surface area contributed by atoms with Crippen molar-refractivity contribution in [3.8, 4) is 0 Å². The van der Waals surface area contributed by atoms with Gasteiger partial charge in [0.25, 0.3) is 5.91 Å². The number of ether oxygens (including phenoxy) is 1. The second-order valence-corrected chi connectivity index (χ2v) is 7.20. The number of amides is 1. The van der Waals surface area contributed by atoms with Gasteiger partial charge in [0, 0.05) is 19.6 Å². The lowest BCUT2D eigenvalue weighted by atomic mass is 9.99. The molecule has 2 heterocycles. The highest BCUT2D eigenvalue weighted by molar-refractivity contribution is 7.17. The van der Waals surface area contributed by atoms with Gasteiger partial charge in [0.1, 0.15) is 0 Å². The average molecular weight is 298 g/mol. The van der Waals surface area contributed by atoms with Crippen LogP contribution in [0.25, 0.3) is 0 Å². The number of morpholine rings is 1. The summed E-state index contributed by atoms with van der Waals surface area (Å²) >= 11 is 1.29. The molecule has 0 radical (unpaired) electrons. The second-order valence-electron chi connectivity index (χ2n) is 6.23. The zero-order valence-electron chi connectivity index (χ0n) is 12.7. The molecule has 0 aromatic carbocycles. The number of carbonyl (C=O) groups is 1. The molecule has 0 atom stereocenters. The Kier molecular flexibility index (Phi) is 4.02. The standard InChI is InChI=1S/C13H22N4O2S/c1-6-14-11-16-15-9(20-11)10(18)17-7-12(2,3)19-13(4,5)8-17/h6-8H2,1-5H3,(H,14,16). The molecule has 0 saturated carbocycles. The van der Waals surface area contributed by atoms with Gasteiger partial charge in [-0.1, -0.05) is 11.3 Å². The van der Waals surface area contributed by atoms with Crippen molar-refractivity contribution in [1.82, 2.24) is 15.1 Å². The summed E-state index contributed by atoms with van der Waals surface area (Å²) in [5.74, 6) is -0.0731. The van der Waals surface area contributed by atoms with Crippen molar-refractivity contribution in [1.29, 1.82) is 0 Å². The van der Waals surface area contributed by atoms with Crippen LogP contribution in [0.3, 0.4) is 0 Å². The van der Waals surface area contributed by atoms with Crippen LogP contribution in [0.2, 0.25) is 0 Å². The van der Waals surface area contributed by atoms with E-state index in [9.17, 15) is 4.79 Å². The van der Waals surface area contributed by atoms with Gasteiger partial charge in [-0.25, -0.2) is 0 Å². The van der Waals surface area contributed by atoms with E-state index in [-0.39, 0.29) is 17.1 Å². The number of anilines is 1. The highest BCUT2D eigenvalue weighted by atomic mass is 32.1. The first kappa shape index (κ1) is 15.2. The molecule has 1 aromatic rings. The van der Waals surface area contributed by atoms with Crippen LogP contribution in [0.4, 0.5) is 5.13 Å². The number of nitrogens with zero attached hydrogens (tertiary/aromatic N) is 3. The number of hydrogen-bond donors (Lipinski definition) is 1. The Bertz CT molecular complexity index is 482. The Hall–Kier alpha value is -1.21. The lowest BCUT2D eigenvalue weighted by molar-refractivity contribution is -0.171. The quantitative estimate of drug-likeness (QED) is 0.924. The molecule has 112 valence electrons. The minimum absolute atomic E-state index is 0.0731. The topological polar surface area (TPSA) is 67.4 Å². The summed E-state index contributed by atoms with van der Waals surface area (Å²) in [6.07, 6.45) is 0. The zero-order chi connectivity index (χ0) is 15.0. The van der Waals surface area contributed by atoms with E-state index >= 15 is 0 Å². The Balaban J connectivity index is 2.15. The van der Waals surface area contributed by atoms with Crippen LogP contribution in [-0.4, -0.2) is 51.8 Å². The van der Waals surface area contributed by atoms with Gasteiger partial charge >= 0.3 is 0 Å². The van der Waals surface area contributed by atoms with Crippen LogP contribution >= 0.6 is 11.3 Å². The minimum Gasteiger partial charge on any atom is -0.366 e. The number of aromatic nitrogens is 2. The molecule has 1 aromatic heterocycles. The Labute approximate surface area is 123 Å². The van der Waals surface area contributed by atoms with E-state index in [0.717, 1.165) is 6.54 Å². The summed E-state index contributed by atoms with van der Waals surface area (Å²) in [6.45, 7) is 11.9. The fourth-order valence-corrected chi connectivity index (χ4v) is 3.38. The van der Waals surface area contributed by atoms with Gasteiger partial charge in [-0.15, -0.1) is 10.2 Å². The lowest BCUT2D eigenvalue weighted by Gasteiger charge is -2.46. The van der Waals surface area contributed by atoms with Crippen LogP contribution in [0.15, 0.2) is 0 Å². The van der Waals surface area contributed by atoms with E-state index in [0.29, 0.717) is 23.2 Å². The fourth-order valence-electron chi connectivity index (χ4n) is 2.60. The van der Waals surface area contributed by atoms with Gasteiger partial charge in [-0.05, 0) is 34.6 Å². The maximum absolute atomic E-state index is 12.5. The first-order chi connectivity index (χ1) is 9.22. The van der Waals surface area contributed by atoms with Crippen molar-refractivity contribution in [3.05, 3.63) is 5.01 Å². The van der Waals surface area contributed by atoms with Crippen LogP contribution in [0.5, 0.6) is 0 Å². The molecular weight excluding hydrogens is 276 g/mol. The van der Waals surface area contributed by atoms with Gasteiger partial charge < -0.3 is 15.0 Å². The van der Waals surface area contributed by atoms with Crippen molar-refractivity contribution in [2.24, 2.45) is 0 Å². The summed E-state index contributed by atoms with van der Waals surface area (Å²) in [6, 6.07) is 0. The predicted molar refractivity (Wildman–Crippen MR) is 79.2 cm³/mol. The number of hydrogen-bond acceptors (Lipinski definition) is 6. The van der Waals surface area contributed by atoms with Crippen molar-refractivity contribution >= 4 is 22.4 Å². The molecule has 1 aliphatic rings. The van der Waals surface area contributed by atoms with E-state index < -0.39 is 0 Å². The molecule has 1 N–H and O–H groups in total. The average Bonchev–Trinajstić information content (AvgIpc) is 2.73. The summed E-state index contributed by atoms with van der Waals surface area (Å²) < 4.78 is 5.98. The molecule has 0 aliphatic carbocycles. The summed E-state index contributed by atoms with van der Waals surface area (Å²) in [7, 11) is 0. The van der Waals surface area contributed by atoms with Gasteiger partial charge in [0.2, 0.25) is 10.1 Å². The van der Waals surface area contributed by atoms with Gasteiger partial charge in [-0.2, -0.15) is 0 Å². The van der Waals surface area contributed by atoms with E-state index in [2.05, 4.69) is 15.5 Å². The number of nitrogens with one attached hydrogen (secondary N) is 1. The summed E-state index contributed by atoms with van der Waals surface area (Å²) in [5, 5.41) is 12.1. The smallest absolute Gasteiger partial charge is 0.285 e. The molecule has 0 bridgehead atoms. The van der Waals surface area contributed by atoms with Crippen LogP contribution < -0.4 is 5.32 Å². The number of rotatable bonds is 3. The van der Waals surface area contributed by atoms with Crippen molar-refractivity contribution in [3.63, 3.8) is 0 Å². The highest BCUT2D eigenvalue weighted by Crippen LogP contribution is 2.29. The molecule has 2 rings (SSSR count). The zero-order valence-corrected chi connectivity index (χ0v) is 13.5. The van der Waals surface area contributed by atoms with Crippen molar-refractivity contribution in [2.45, 2.75) is 45.8 Å². The molecule has 0 unspecified atom stereocenters. The third kappa shape index (κ3) is 3.46. The molecule has 6 nitrogen and oxygen atoms in total. The fraction of sp³-hybridized carbons (Fsp3) is 0.769. The Morgan fingerprint density at radius 2 is 1.90 bits per heavy atom. The predicted octanol–water partition coefficient (Wildman–Crippen LogP) is 2.00. The van der Waals surface area contributed by atoms with E-state index in [4.69, 9.17) is 4.74 Å². The largest absolute Gasteiger partial charge is 0.366 e. The van der Waals surface area contributed by atoms with E-state index in [1.807, 2.05) is 34.6 Å². The maximum atomic E-state index is 12.5. The third-order valence-corrected chi connectivity index (χ3v) is 3.79. The van der Waals surface area contributed by atoms with Gasteiger partial charge in [-0.3, -0.25) is 4.79 Å². The first-order valence-corrected chi connectivity index (χ1v) is 7.61. The van der Waals surface area contributed by atoms with Crippen LogP contribution in [0.1, 0.15) is 44.4 Å². The summed E-state index contributed by atoms with van der Waals surface area (Å²) in [5.41, 5.74) is -0.709. The second kappa shape index (κ2) is 5.29. The maximum Gasteiger partial charge on any atom is 0.285 e. The van der Waals surface area contributed by atoms with Crippen molar-refractivity contribution < 1.29 is 9.53 Å². The molecule has 1 saturated heterocycles. The SMILES string of the molecule is CCNc1nnc(C(=O)N2CC(C)(C)OC(C)(C)C2)s1. The monoisotopic (exact) mass is 298 g/mol. The third-order valence-electron chi connectivity index (χ3n) is 2.92. The molecular formula is C13H22N4O2S. The highest BCUT2D eigenvalue weighted by Gasteiger charge is 2.40. The molecule has 1 aliphatic heterocycles. The molecule has 1 fully saturated rings. The van der Waals surface area contributed by atoms with Crippen LogP contribution in [-0.2, 0) is 4.74 Å². The van der Waals surface area contributed by atoms with Gasteiger partial charge in [0.15, 0.2) is 0 Å². The Morgan fingerprint density at radius 3 is 2.45 bits per heavy atom. The lowest BCUT2D eigenvalue weighted by Crippen LogP contribution is -2.58. The minimum atomic E-state index is -0.355. The van der Waals surface area contributed by atoms with Gasteiger partial charge in [0.05, 0.1) is 11.2 Å². The number of carbonyl (C=O) groups excluding carboxylic acids is 1. The Morgan fingerprint density at radius 1 is 1.30 bits per heavy atom. The molecule has 7 heteroatoms.